The highest BCUT2D eigenvalue weighted by atomic mass is 79.9. The SMILES string of the molecule is O=C1NC(=O)N(c2ccccc2F)C(=O)[C@H]1C=Nc1cccc(Br)c1. The summed E-state index contributed by atoms with van der Waals surface area (Å²) in [6.07, 6.45) is 1.14. The fraction of sp³-hybridized carbons (Fsp3) is 0.0588. The van der Waals surface area contributed by atoms with E-state index in [0.29, 0.717) is 10.6 Å². The molecule has 25 heavy (non-hydrogen) atoms. The quantitative estimate of drug-likeness (QED) is 0.631. The number of anilines is 1. The molecule has 1 heterocycles. The molecule has 1 fully saturated rings. The molecule has 0 aliphatic carbocycles. The summed E-state index contributed by atoms with van der Waals surface area (Å²) in [5.74, 6) is -3.75. The first-order chi connectivity index (χ1) is 12.0. The number of benzene rings is 2. The second-order valence-corrected chi connectivity index (χ2v) is 6.07. The lowest BCUT2D eigenvalue weighted by Crippen LogP contribution is -2.58. The Morgan fingerprint density at radius 2 is 1.88 bits per heavy atom. The minimum absolute atomic E-state index is 0.224. The summed E-state index contributed by atoms with van der Waals surface area (Å²) in [6.45, 7) is 0. The molecular weight excluding hydrogens is 393 g/mol. The van der Waals surface area contributed by atoms with Crippen LogP contribution in [-0.2, 0) is 9.59 Å². The molecular formula is C17H11BrFN3O3. The summed E-state index contributed by atoms with van der Waals surface area (Å²) in [5.41, 5.74) is 0.294. The highest BCUT2D eigenvalue weighted by Gasteiger charge is 2.41. The minimum Gasteiger partial charge on any atom is -0.276 e. The van der Waals surface area contributed by atoms with Gasteiger partial charge in [0.05, 0.1) is 11.4 Å². The van der Waals surface area contributed by atoms with Crippen molar-refractivity contribution < 1.29 is 18.8 Å². The van der Waals surface area contributed by atoms with Gasteiger partial charge in [0, 0.05) is 10.7 Å². The molecule has 8 heteroatoms. The Morgan fingerprint density at radius 3 is 2.60 bits per heavy atom. The van der Waals surface area contributed by atoms with E-state index in [1.807, 2.05) is 5.32 Å². The van der Waals surface area contributed by atoms with Crippen LogP contribution in [0.5, 0.6) is 0 Å². The fourth-order valence-electron chi connectivity index (χ4n) is 2.30. The van der Waals surface area contributed by atoms with Crippen LogP contribution in [0.15, 0.2) is 58.0 Å². The number of urea groups is 1. The Kier molecular flexibility index (Phi) is 4.71. The minimum atomic E-state index is -1.34. The number of rotatable bonds is 3. The molecule has 2 aromatic carbocycles. The molecule has 0 saturated carbocycles. The van der Waals surface area contributed by atoms with E-state index in [-0.39, 0.29) is 5.69 Å². The predicted octanol–water partition coefficient (Wildman–Crippen LogP) is 3.19. The van der Waals surface area contributed by atoms with E-state index >= 15 is 0 Å². The maximum Gasteiger partial charge on any atom is 0.335 e. The van der Waals surface area contributed by atoms with Gasteiger partial charge >= 0.3 is 6.03 Å². The van der Waals surface area contributed by atoms with Gasteiger partial charge in [-0.1, -0.05) is 34.1 Å². The van der Waals surface area contributed by atoms with Gasteiger partial charge in [-0.15, -0.1) is 0 Å². The van der Waals surface area contributed by atoms with E-state index in [4.69, 9.17) is 0 Å². The van der Waals surface area contributed by atoms with Crippen molar-refractivity contribution in [3.63, 3.8) is 0 Å². The second-order valence-electron chi connectivity index (χ2n) is 5.16. The van der Waals surface area contributed by atoms with Crippen molar-refractivity contribution in [2.24, 2.45) is 10.9 Å². The van der Waals surface area contributed by atoms with Crippen LogP contribution in [0.4, 0.5) is 20.6 Å². The third-order valence-corrected chi connectivity index (χ3v) is 3.97. The van der Waals surface area contributed by atoms with Crippen molar-refractivity contribution in [3.05, 3.63) is 58.8 Å². The normalized spacial score (nSPS) is 17.9. The summed E-state index contributed by atoms with van der Waals surface area (Å²) in [7, 11) is 0. The monoisotopic (exact) mass is 403 g/mol. The molecule has 0 radical (unpaired) electrons. The number of barbiturate groups is 1. The van der Waals surface area contributed by atoms with Crippen molar-refractivity contribution in [2.75, 3.05) is 4.90 Å². The molecule has 0 spiro atoms. The number of nitrogens with zero attached hydrogens (tertiary/aromatic N) is 2. The lowest BCUT2D eigenvalue weighted by molar-refractivity contribution is -0.131. The number of hydrogen-bond donors (Lipinski definition) is 1. The highest BCUT2D eigenvalue weighted by molar-refractivity contribution is 9.10. The Bertz CT molecular complexity index is 900. The van der Waals surface area contributed by atoms with Gasteiger partial charge in [0.1, 0.15) is 5.82 Å². The van der Waals surface area contributed by atoms with Crippen LogP contribution in [0.25, 0.3) is 0 Å². The second kappa shape index (κ2) is 6.94. The first-order valence-corrected chi connectivity index (χ1v) is 8.00. The molecule has 1 aliphatic heterocycles. The topological polar surface area (TPSA) is 78.8 Å². The number of imide groups is 2. The molecule has 1 atom stereocenters. The van der Waals surface area contributed by atoms with E-state index in [1.54, 1.807) is 24.3 Å². The van der Waals surface area contributed by atoms with Gasteiger partial charge in [0.15, 0.2) is 5.92 Å². The van der Waals surface area contributed by atoms with Gasteiger partial charge in [-0.25, -0.2) is 14.1 Å². The number of carbonyl (C=O) groups is 3. The molecule has 0 unspecified atom stereocenters. The number of carbonyl (C=O) groups excluding carboxylic acids is 3. The van der Waals surface area contributed by atoms with E-state index in [9.17, 15) is 18.8 Å². The smallest absolute Gasteiger partial charge is 0.276 e. The molecule has 126 valence electrons. The van der Waals surface area contributed by atoms with Crippen LogP contribution in [0.1, 0.15) is 0 Å². The Labute approximate surface area is 150 Å². The summed E-state index contributed by atoms with van der Waals surface area (Å²) < 4.78 is 14.7. The van der Waals surface area contributed by atoms with Crippen LogP contribution < -0.4 is 10.2 Å². The zero-order valence-corrected chi connectivity index (χ0v) is 14.2. The summed E-state index contributed by atoms with van der Waals surface area (Å²) in [6, 6.07) is 11.3. The average molecular weight is 404 g/mol. The van der Waals surface area contributed by atoms with Gasteiger partial charge in [-0.05, 0) is 30.3 Å². The van der Waals surface area contributed by atoms with Crippen molar-refractivity contribution in [2.45, 2.75) is 0 Å². The average Bonchev–Trinajstić information content (AvgIpc) is 2.56. The van der Waals surface area contributed by atoms with Crippen LogP contribution in [0, 0.1) is 11.7 Å². The molecule has 0 aromatic heterocycles. The fourth-order valence-corrected chi connectivity index (χ4v) is 2.69. The number of aliphatic imine (C=N–C) groups is 1. The number of halogens is 2. The van der Waals surface area contributed by atoms with E-state index in [1.165, 1.54) is 18.2 Å². The predicted molar refractivity (Wildman–Crippen MR) is 93.2 cm³/mol. The van der Waals surface area contributed by atoms with E-state index in [2.05, 4.69) is 20.9 Å². The lowest BCUT2D eigenvalue weighted by atomic mass is 10.1. The van der Waals surface area contributed by atoms with Crippen LogP contribution >= 0.6 is 15.9 Å². The van der Waals surface area contributed by atoms with Gasteiger partial charge in [0.25, 0.3) is 5.91 Å². The molecule has 4 amide bonds. The summed E-state index contributed by atoms with van der Waals surface area (Å²) >= 11 is 3.29. The molecule has 1 aliphatic rings. The maximum absolute atomic E-state index is 13.9. The molecule has 0 bridgehead atoms. The first kappa shape index (κ1) is 17.0. The third kappa shape index (κ3) is 3.48. The largest absolute Gasteiger partial charge is 0.335 e. The van der Waals surface area contributed by atoms with Gasteiger partial charge in [-0.3, -0.25) is 19.9 Å². The summed E-state index contributed by atoms with van der Waals surface area (Å²) in [4.78, 5) is 41.2. The molecule has 1 N–H and O–H groups in total. The third-order valence-electron chi connectivity index (χ3n) is 3.48. The van der Waals surface area contributed by atoms with Crippen LogP contribution in [0.3, 0.4) is 0 Å². The van der Waals surface area contributed by atoms with E-state index < -0.39 is 29.6 Å². The van der Waals surface area contributed by atoms with Crippen LogP contribution in [0.2, 0.25) is 0 Å². The molecule has 2 aromatic rings. The van der Waals surface area contributed by atoms with Crippen molar-refractivity contribution in [1.82, 2.24) is 5.32 Å². The number of amides is 4. The number of hydrogen-bond acceptors (Lipinski definition) is 4. The Balaban J connectivity index is 1.92. The Morgan fingerprint density at radius 1 is 1.12 bits per heavy atom. The van der Waals surface area contributed by atoms with Gasteiger partial charge < -0.3 is 0 Å². The van der Waals surface area contributed by atoms with Gasteiger partial charge in [-0.2, -0.15) is 0 Å². The molecule has 6 nitrogen and oxygen atoms in total. The first-order valence-electron chi connectivity index (χ1n) is 7.20. The zero-order valence-electron chi connectivity index (χ0n) is 12.6. The number of para-hydroxylation sites is 1. The van der Waals surface area contributed by atoms with Crippen molar-refractivity contribution in [1.29, 1.82) is 0 Å². The van der Waals surface area contributed by atoms with E-state index in [0.717, 1.165) is 16.8 Å². The van der Waals surface area contributed by atoms with Crippen molar-refractivity contribution in [3.8, 4) is 0 Å². The maximum atomic E-state index is 13.9. The highest BCUT2D eigenvalue weighted by Crippen LogP contribution is 2.24. The molecule has 3 rings (SSSR count). The standard InChI is InChI=1S/C17H11BrFN3O3/c18-10-4-3-5-11(8-10)20-9-12-15(23)21-17(25)22(16(12)24)14-7-2-1-6-13(14)19/h1-9,12H,(H,21,23,25)/t12-/m0/s1. The lowest BCUT2D eigenvalue weighted by Gasteiger charge is -2.28. The summed E-state index contributed by atoms with van der Waals surface area (Å²) in [5, 5.41) is 2.04. The Hall–Kier alpha value is -2.87. The zero-order chi connectivity index (χ0) is 18.0. The van der Waals surface area contributed by atoms with Gasteiger partial charge in [0.2, 0.25) is 5.91 Å². The van der Waals surface area contributed by atoms with Crippen LogP contribution in [-0.4, -0.2) is 24.1 Å². The number of nitrogens with one attached hydrogen (secondary N) is 1. The van der Waals surface area contributed by atoms with Crippen molar-refractivity contribution >= 4 is 51.4 Å². The molecule has 1 saturated heterocycles.